The molecule has 1 unspecified atom stereocenters. The van der Waals surface area contributed by atoms with Crippen LogP contribution in [-0.4, -0.2) is 14.2 Å². The van der Waals surface area contributed by atoms with Crippen LogP contribution in [0.5, 0.6) is 11.5 Å². The number of hydrogen-bond donors (Lipinski definition) is 1. The number of benzene rings is 2. The van der Waals surface area contributed by atoms with Crippen LogP contribution in [0.25, 0.3) is 0 Å². The van der Waals surface area contributed by atoms with Crippen molar-refractivity contribution in [3.05, 3.63) is 52.6 Å². The van der Waals surface area contributed by atoms with Crippen LogP contribution in [0.4, 0.5) is 5.69 Å². The van der Waals surface area contributed by atoms with Gasteiger partial charge in [0.05, 0.1) is 20.3 Å². The second kappa shape index (κ2) is 5.32. The van der Waals surface area contributed by atoms with Gasteiger partial charge in [0.15, 0.2) is 11.5 Å². The molecule has 0 saturated carbocycles. The fraction of sp³-hybridized carbons (Fsp3) is 0.333. The van der Waals surface area contributed by atoms with Crippen LogP contribution in [0.2, 0.25) is 0 Å². The number of ether oxygens (including phenoxy) is 2. The second-order valence-electron chi connectivity index (χ2n) is 5.61. The zero-order chi connectivity index (χ0) is 15.0. The summed E-state index contributed by atoms with van der Waals surface area (Å²) in [6, 6.07) is 11.0. The topological polar surface area (TPSA) is 30.5 Å². The van der Waals surface area contributed by atoms with Gasteiger partial charge in [0, 0.05) is 5.69 Å². The average Bonchev–Trinajstić information content (AvgIpc) is 2.89. The maximum absolute atomic E-state index is 5.40. The molecule has 1 N–H and O–H groups in total. The van der Waals surface area contributed by atoms with Gasteiger partial charge in [0.25, 0.3) is 0 Å². The Kier molecular flexibility index (Phi) is 3.50. The van der Waals surface area contributed by atoms with Crippen molar-refractivity contribution >= 4 is 5.69 Å². The van der Waals surface area contributed by atoms with Gasteiger partial charge in [-0.2, -0.15) is 0 Å². The maximum atomic E-state index is 5.40. The van der Waals surface area contributed by atoms with Gasteiger partial charge in [0.1, 0.15) is 0 Å². The molecule has 0 aromatic heterocycles. The van der Waals surface area contributed by atoms with Crippen molar-refractivity contribution in [1.29, 1.82) is 0 Å². The zero-order valence-corrected chi connectivity index (χ0v) is 13.0. The monoisotopic (exact) mass is 283 g/mol. The van der Waals surface area contributed by atoms with Gasteiger partial charge in [-0.05, 0) is 60.7 Å². The highest BCUT2D eigenvalue weighted by Crippen LogP contribution is 2.38. The molecule has 1 heterocycles. The molecule has 1 aliphatic heterocycles. The van der Waals surface area contributed by atoms with Crippen LogP contribution in [0, 0.1) is 13.8 Å². The molecular weight excluding hydrogens is 262 g/mol. The molecule has 3 nitrogen and oxygen atoms in total. The lowest BCUT2D eigenvalue weighted by atomic mass is 10.00. The minimum atomic E-state index is 0.293. The van der Waals surface area contributed by atoms with Crippen LogP contribution in [0.3, 0.4) is 0 Å². The van der Waals surface area contributed by atoms with Gasteiger partial charge in [0.2, 0.25) is 0 Å². The summed E-state index contributed by atoms with van der Waals surface area (Å²) in [7, 11) is 3.33. The Morgan fingerprint density at radius 2 is 1.67 bits per heavy atom. The summed E-state index contributed by atoms with van der Waals surface area (Å²) >= 11 is 0. The van der Waals surface area contributed by atoms with Gasteiger partial charge in [-0.1, -0.05) is 12.1 Å². The van der Waals surface area contributed by atoms with Gasteiger partial charge < -0.3 is 14.8 Å². The Hall–Kier alpha value is -2.16. The summed E-state index contributed by atoms with van der Waals surface area (Å²) < 4.78 is 10.7. The lowest BCUT2D eigenvalue weighted by Crippen LogP contribution is -2.06. The highest BCUT2D eigenvalue weighted by molar-refractivity contribution is 5.61. The molecule has 0 fully saturated rings. The largest absolute Gasteiger partial charge is 0.493 e. The number of nitrogens with one attached hydrogen (secondary N) is 1. The lowest BCUT2D eigenvalue weighted by Gasteiger charge is -2.15. The quantitative estimate of drug-likeness (QED) is 0.922. The van der Waals surface area contributed by atoms with Crippen molar-refractivity contribution in [3.8, 4) is 11.5 Å². The van der Waals surface area contributed by atoms with Crippen LogP contribution < -0.4 is 14.8 Å². The third-order valence-electron chi connectivity index (χ3n) is 4.28. The smallest absolute Gasteiger partial charge is 0.161 e. The van der Waals surface area contributed by atoms with E-state index in [0.29, 0.717) is 6.04 Å². The number of hydrogen-bond acceptors (Lipinski definition) is 3. The van der Waals surface area contributed by atoms with Crippen LogP contribution in [-0.2, 0) is 6.42 Å². The molecule has 1 aliphatic rings. The molecular formula is C18H21NO2. The van der Waals surface area contributed by atoms with E-state index in [1.807, 2.05) is 6.07 Å². The van der Waals surface area contributed by atoms with Crippen LogP contribution in [0.15, 0.2) is 30.3 Å². The number of anilines is 1. The second-order valence-corrected chi connectivity index (χ2v) is 5.61. The first-order chi connectivity index (χ1) is 10.1. The van der Waals surface area contributed by atoms with Crippen LogP contribution >= 0.6 is 0 Å². The first kappa shape index (κ1) is 13.8. The first-order valence-electron chi connectivity index (χ1n) is 7.21. The Labute approximate surface area is 125 Å². The van der Waals surface area contributed by atoms with E-state index in [1.54, 1.807) is 14.2 Å². The highest BCUT2D eigenvalue weighted by atomic mass is 16.5. The fourth-order valence-corrected chi connectivity index (χ4v) is 2.91. The minimum Gasteiger partial charge on any atom is -0.493 e. The summed E-state index contributed by atoms with van der Waals surface area (Å²) in [5, 5.41) is 3.61. The van der Waals surface area contributed by atoms with E-state index < -0.39 is 0 Å². The molecule has 0 aliphatic carbocycles. The van der Waals surface area contributed by atoms with Crippen molar-refractivity contribution in [3.63, 3.8) is 0 Å². The van der Waals surface area contributed by atoms with Gasteiger partial charge in [-0.3, -0.25) is 0 Å². The normalized spacial score (nSPS) is 16.3. The van der Waals surface area contributed by atoms with Crippen molar-refractivity contribution in [2.24, 2.45) is 0 Å². The summed E-state index contributed by atoms with van der Waals surface area (Å²) in [6.45, 7) is 4.32. The predicted molar refractivity (Wildman–Crippen MR) is 85.5 cm³/mol. The fourth-order valence-electron chi connectivity index (χ4n) is 2.91. The van der Waals surface area contributed by atoms with Gasteiger partial charge >= 0.3 is 0 Å². The SMILES string of the molecule is COc1ccc(C2Cc3cc(C)c(C)cc3N2)cc1OC. The molecule has 3 heteroatoms. The molecule has 1 atom stereocenters. The van der Waals surface area contributed by atoms with E-state index >= 15 is 0 Å². The minimum absolute atomic E-state index is 0.293. The third-order valence-corrected chi connectivity index (χ3v) is 4.28. The molecule has 0 saturated heterocycles. The molecule has 110 valence electrons. The van der Waals surface area contributed by atoms with Crippen molar-refractivity contribution in [2.75, 3.05) is 19.5 Å². The summed E-state index contributed by atoms with van der Waals surface area (Å²) in [5.41, 5.74) is 6.53. The molecule has 2 aromatic carbocycles. The first-order valence-corrected chi connectivity index (χ1v) is 7.21. The van der Waals surface area contributed by atoms with Crippen molar-refractivity contribution in [2.45, 2.75) is 26.3 Å². The Balaban J connectivity index is 1.90. The maximum Gasteiger partial charge on any atom is 0.161 e. The molecule has 0 spiro atoms. The van der Waals surface area contributed by atoms with Crippen molar-refractivity contribution < 1.29 is 9.47 Å². The lowest BCUT2D eigenvalue weighted by molar-refractivity contribution is 0.354. The summed E-state index contributed by atoms with van der Waals surface area (Å²) in [6.07, 6.45) is 1.01. The number of rotatable bonds is 3. The Bertz CT molecular complexity index is 648. The zero-order valence-electron chi connectivity index (χ0n) is 13.0. The van der Waals surface area contributed by atoms with E-state index in [0.717, 1.165) is 17.9 Å². The molecule has 2 aromatic rings. The Morgan fingerprint density at radius 1 is 0.952 bits per heavy atom. The highest BCUT2D eigenvalue weighted by Gasteiger charge is 2.23. The van der Waals surface area contributed by atoms with E-state index in [4.69, 9.17) is 9.47 Å². The third kappa shape index (κ3) is 2.44. The number of methoxy groups -OCH3 is 2. The predicted octanol–water partition coefficient (Wildman–Crippen LogP) is 4.03. The van der Waals surface area contributed by atoms with E-state index in [-0.39, 0.29) is 0 Å². The van der Waals surface area contributed by atoms with Gasteiger partial charge in [-0.15, -0.1) is 0 Å². The van der Waals surface area contributed by atoms with Gasteiger partial charge in [-0.25, -0.2) is 0 Å². The van der Waals surface area contributed by atoms with Crippen LogP contribution in [0.1, 0.15) is 28.3 Å². The Morgan fingerprint density at radius 3 is 2.38 bits per heavy atom. The molecule has 0 bridgehead atoms. The van der Waals surface area contributed by atoms with E-state index in [1.165, 1.54) is 27.9 Å². The molecule has 3 rings (SSSR count). The molecule has 0 amide bonds. The summed E-state index contributed by atoms with van der Waals surface area (Å²) in [5.74, 6) is 1.54. The standard InChI is InChI=1S/C18H21NO2/c1-11-7-14-9-16(19-15(14)8-12(11)2)13-5-6-17(20-3)18(10-13)21-4/h5-8,10,16,19H,9H2,1-4H3. The molecule has 0 radical (unpaired) electrons. The summed E-state index contributed by atoms with van der Waals surface area (Å²) in [4.78, 5) is 0. The number of fused-ring (bicyclic) bond motifs is 1. The average molecular weight is 283 g/mol. The number of aryl methyl sites for hydroxylation is 2. The van der Waals surface area contributed by atoms with Crippen molar-refractivity contribution in [1.82, 2.24) is 0 Å². The van der Waals surface area contributed by atoms with E-state index in [2.05, 4.69) is 43.4 Å². The van der Waals surface area contributed by atoms with E-state index in [9.17, 15) is 0 Å². The molecule has 21 heavy (non-hydrogen) atoms.